The number of amides is 1. The summed E-state index contributed by atoms with van der Waals surface area (Å²) in [5.74, 6) is -0.127. The summed E-state index contributed by atoms with van der Waals surface area (Å²) in [6.45, 7) is 0. The number of hydrogen-bond acceptors (Lipinski definition) is 2. The zero-order chi connectivity index (χ0) is 13.2. The molecular weight excluding hydrogens is 353 g/mol. The number of aromatic nitrogens is 2. The maximum Gasteiger partial charge on any atom is 0.255 e. The Morgan fingerprint density at radius 1 is 1.16 bits per heavy atom. The molecular formula is C14H10IN3O. The Bertz CT molecular complexity index is 734. The molecule has 0 saturated heterocycles. The first kappa shape index (κ1) is 12.2. The first-order chi connectivity index (χ1) is 9.22. The monoisotopic (exact) mass is 363 g/mol. The lowest BCUT2D eigenvalue weighted by molar-refractivity contribution is 0.102. The van der Waals surface area contributed by atoms with Crippen molar-refractivity contribution in [1.82, 2.24) is 10.2 Å². The zero-order valence-corrected chi connectivity index (χ0v) is 12.0. The van der Waals surface area contributed by atoms with Gasteiger partial charge < -0.3 is 5.32 Å². The molecule has 1 heterocycles. The molecule has 0 saturated carbocycles. The van der Waals surface area contributed by atoms with E-state index in [9.17, 15) is 4.79 Å². The predicted molar refractivity (Wildman–Crippen MR) is 83.2 cm³/mol. The molecule has 3 rings (SSSR count). The number of aromatic amines is 1. The number of benzene rings is 2. The molecule has 5 heteroatoms. The van der Waals surface area contributed by atoms with E-state index in [1.807, 2.05) is 30.3 Å². The summed E-state index contributed by atoms with van der Waals surface area (Å²) in [6.07, 6.45) is 1.73. The Morgan fingerprint density at radius 2 is 1.95 bits per heavy atom. The molecule has 0 bridgehead atoms. The van der Waals surface area contributed by atoms with E-state index >= 15 is 0 Å². The lowest BCUT2D eigenvalue weighted by Crippen LogP contribution is -2.11. The van der Waals surface area contributed by atoms with Crippen molar-refractivity contribution in [3.8, 4) is 0 Å². The maximum atomic E-state index is 12.1. The summed E-state index contributed by atoms with van der Waals surface area (Å²) in [4.78, 5) is 12.1. The Morgan fingerprint density at radius 3 is 2.74 bits per heavy atom. The summed E-state index contributed by atoms with van der Waals surface area (Å²) < 4.78 is 1.13. The average Bonchev–Trinajstić information content (AvgIpc) is 2.88. The van der Waals surface area contributed by atoms with Crippen LogP contribution < -0.4 is 5.32 Å². The highest BCUT2D eigenvalue weighted by atomic mass is 127. The Balaban J connectivity index is 1.84. The van der Waals surface area contributed by atoms with Crippen LogP contribution in [0.3, 0.4) is 0 Å². The second-order valence-electron chi connectivity index (χ2n) is 4.13. The third kappa shape index (κ3) is 2.60. The molecule has 0 atom stereocenters. The maximum absolute atomic E-state index is 12.1. The third-order valence-corrected chi connectivity index (χ3v) is 3.53. The lowest BCUT2D eigenvalue weighted by Gasteiger charge is -2.05. The van der Waals surface area contributed by atoms with Gasteiger partial charge in [-0.2, -0.15) is 5.10 Å². The summed E-state index contributed by atoms with van der Waals surface area (Å²) in [5, 5.41) is 10.7. The summed E-state index contributed by atoms with van der Waals surface area (Å²) >= 11 is 2.23. The molecule has 0 unspecified atom stereocenters. The number of fused-ring (bicyclic) bond motifs is 1. The van der Waals surface area contributed by atoms with Crippen LogP contribution in [0.5, 0.6) is 0 Å². The second kappa shape index (κ2) is 5.00. The van der Waals surface area contributed by atoms with Crippen LogP contribution in [-0.2, 0) is 0 Å². The van der Waals surface area contributed by atoms with Gasteiger partial charge in [-0.1, -0.05) is 6.07 Å². The molecule has 0 radical (unpaired) electrons. The summed E-state index contributed by atoms with van der Waals surface area (Å²) in [6, 6.07) is 13.1. The van der Waals surface area contributed by atoms with E-state index in [2.05, 4.69) is 38.1 Å². The fourth-order valence-corrected chi connectivity index (χ4v) is 2.17. The fraction of sp³-hybridized carbons (Fsp3) is 0. The van der Waals surface area contributed by atoms with Crippen molar-refractivity contribution in [2.45, 2.75) is 0 Å². The number of nitrogens with zero attached hydrogens (tertiary/aromatic N) is 1. The predicted octanol–water partition coefficient (Wildman–Crippen LogP) is 3.42. The van der Waals surface area contributed by atoms with E-state index in [0.717, 1.165) is 20.2 Å². The van der Waals surface area contributed by atoms with Crippen molar-refractivity contribution in [1.29, 1.82) is 0 Å². The van der Waals surface area contributed by atoms with E-state index in [1.54, 1.807) is 18.3 Å². The van der Waals surface area contributed by atoms with E-state index in [0.29, 0.717) is 5.56 Å². The van der Waals surface area contributed by atoms with Gasteiger partial charge in [-0.15, -0.1) is 0 Å². The number of carbonyl (C=O) groups excluding carboxylic acids is 1. The highest BCUT2D eigenvalue weighted by Gasteiger charge is 2.07. The third-order valence-electron chi connectivity index (χ3n) is 2.81. The number of H-pyrrole nitrogens is 1. The summed E-state index contributed by atoms with van der Waals surface area (Å²) in [7, 11) is 0. The highest BCUT2D eigenvalue weighted by Crippen LogP contribution is 2.15. The van der Waals surface area contributed by atoms with Gasteiger partial charge in [-0.3, -0.25) is 9.89 Å². The number of rotatable bonds is 2. The van der Waals surface area contributed by atoms with Gasteiger partial charge in [0.05, 0.1) is 11.7 Å². The van der Waals surface area contributed by atoms with Gasteiger partial charge in [-0.05, 0) is 59.0 Å². The molecule has 3 aromatic rings. The smallest absolute Gasteiger partial charge is 0.255 e. The van der Waals surface area contributed by atoms with Gasteiger partial charge in [0.1, 0.15) is 0 Å². The molecule has 94 valence electrons. The molecule has 2 N–H and O–H groups in total. The molecule has 0 aliphatic heterocycles. The van der Waals surface area contributed by atoms with Gasteiger partial charge in [0.25, 0.3) is 5.91 Å². The average molecular weight is 363 g/mol. The number of carbonyl (C=O) groups is 1. The number of hydrogen-bond donors (Lipinski definition) is 2. The van der Waals surface area contributed by atoms with E-state index < -0.39 is 0 Å². The molecule has 0 spiro atoms. The van der Waals surface area contributed by atoms with Gasteiger partial charge in [0.15, 0.2) is 0 Å². The Kier molecular flexibility index (Phi) is 3.20. The molecule has 19 heavy (non-hydrogen) atoms. The van der Waals surface area contributed by atoms with Crippen molar-refractivity contribution in [2.24, 2.45) is 0 Å². The van der Waals surface area contributed by atoms with Crippen LogP contribution in [0, 0.1) is 3.57 Å². The van der Waals surface area contributed by atoms with Gasteiger partial charge in [0, 0.05) is 20.2 Å². The molecule has 0 aliphatic carbocycles. The van der Waals surface area contributed by atoms with Gasteiger partial charge >= 0.3 is 0 Å². The second-order valence-corrected chi connectivity index (χ2v) is 5.38. The molecule has 0 fully saturated rings. The van der Waals surface area contributed by atoms with Crippen LogP contribution in [-0.4, -0.2) is 16.1 Å². The highest BCUT2D eigenvalue weighted by molar-refractivity contribution is 14.1. The first-order valence-corrected chi connectivity index (χ1v) is 6.80. The van der Waals surface area contributed by atoms with Crippen molar-refractivity contribution in [3.05, 3.63) is 57.8 Å². The summed E-state index contributed by atoms with van der Waals surface area (Å²) in [5.41, 5.74) is 2.25. The minimum absolute atomic E-state index is 0.127. The van der Waals surface area contributed by atoms with Crippen molar-refractivity contribution < 1.29 is 4.79 Å². The van der Waals surface area contributed by atoms with Crippen molar-refractivity contribution in [2.75, 3.05) is 5.32 Å². The molecule has 2 aromatic carbocycles. The van der Waals surface area contributed by atoms with Crippen LogP contribution in [0.2, 0.25) is 0 Å². The lowest BCUT2D eigenvalue weighted by atomic mass is 10.1. The van der Waals surface area contributed by atoms with E-state index in [1.165, 1.54) is 0 Å². The van der Waals surface area contributed by atoms with E-state index in [-0.39, 0.29) is 5.91 Å². The van der Waals surface area contributed by atoms with Crippen LogP contribution in [0.15, 0.2) is 48.7 Å². The minimum Gasteiger partial charge on any atom is -0.322 e. The van der Waals surface area contributed by atoms with Crippen molar-refractivity contribution in [3.63, 3.8) is 0 Å². The normalized spacial score (nSPS) is 10.6. The van der Waals surface area contributed by atoms with Crippen LogP contribution in [0.4, 0.5) is 5.69 Å². The zero-order valence-electron chi connectivity index (χ0n) is 9.85. The fourth-order valence-electron chi connectivity index (χ4n) is 1.81. The number of halogens is 1. The van der Waals surface area contributed by atoms with Gasteiger partial charge in [-0.25, -0.2) is 0 Å². The Labute approximate surface area is 123 Å². The Hall–Kier alpha value is -1.89. The molecule has 1 aromatic heterocycles. The van der Waals surface area contributed by atoms with Crippen LogP contribution >= 0.6 is 22.6 Å². The number of anilines is 1. The first-order valence-electron chi connectivity index (χ1n) is 5.72. The van der Waals surface area contributed by atoms with Crippen LogP contribution in [0.25, 0.3) is 10.9 Å². The molecule has 4 nitrogen and oxygen atoms in total. The van der Waals surface area contributed by atoms with Crippen LogP contribution in [0.1, 0.15) is 10.4 Å². The SMILES string of the molecule is O=C(Nc1ccc(I)cc1)c1ccc2cn[nH]c2c1. The van der Waals surface area contributed by atoms with E-state index in [4.69, 9.17) is 0 Å². The molecule has 1 amide bonds. The quantitative estimate of drug-likeness (QED) is 0.686. The largest absolute Gasteiger partial charge is 0.322 e. The molecule has 0 aliphatic rings. The number of nitrogens with one attached hydrogen (secondary N) is 2. The van der Waals surface area contributed by atoms with Gasteiger partial charge in [0.2, 0.25) is 0 Å². The van der Waals surface area contributed by atoms with Crippen molar-refractivity contribution >= 4 is 45.1 Å². The minimum atomic E-state index is -0.127. The topological polar surface area (TPSA) is 57.8 Å². The standard InChI is InChI=1S/C14H10IN3O/c15-11-3-5-12(6-4-11)17-14(19)9-1-2-10-8-16-18-13(10)7-9/h1-8H,(H,16,18)(H,17,19).